The van der Waals surface area contributed by atoms with Crippen LogP contribution < -0.4 is 0 Å². The van der Waals surface area contributed by atoms with Crippen molar-refractivity contribution in [2.45, 2.75) is 26.4 Å². The maximum absolute atomic E-state index is 9.83. The third-order valence-electron chi connectivity index (χ3n) is 2.16. The van der Waals surface area contributed by atoms with Crippen molar-refractivity contribution in [3.05, 3.63) is 27.5 Å². The van der Waals surface area contributed by atoms with E-state index in [9.17, 15) is 5.11 Å². The van der Waals surface area contributed by atoms with Gasteiger partial charge in [0.25, 0.3) is 0 Å². The molecule has 1 N–H and O–H groups in total. The maximum Gasteiger partial charge on any atom is 0.105 e. The van der Waals surface area contributed by atoms with Crippen molar-refractivity contribution in [2.24, 2.45) is 0 Å². The zero-order chi connectivity index (χ0) is 10.8. The van der Waals surface area contributed by atoms with Crippen LogP contribution in [0.5, 0.6) is 0 Å². The fourth-order valence-electron chi connectivity index (χ4n) is 1.22. The first-order valence-electron chi connectivity index (χ1n) is 4.55. The van der Waals surface area contributed by atoms with E-state index in [1.54, 1.807) is 17.5 Å². The Morgan fingerprint density at radius 2 is 2.27 bits per heavy atom. The van der Waals surface area contributed by atoms with Crippen LogP contribution in [0.1, 0.15) is 27.4 Å². The Morgan fingerprint density at radius 1 is 1.47 bits per heavy atom. The second kappa shape index (κ2) is 4.34. The summed E-state index contributed by atoms with van der Waals surface area (Å²) < 4.78 is 7.86. The summed E-state index contributed by atoms with van der Waals surface area (Å²) >= 11 is 2.73. The van der Waals surface area contributed by atoms with Crippen molar-refractivity contribution in [2.75, 3.05) is 0 Å². The lowest BCUT2D eigenvalue weighted by molar-refractivity contribution is 0.174. The Kier molecular flexibility index (Phi) is 3.08. The van der Waals surface area contributed by atoms with Crippen LogP contribution in [0.15, 0.2) is 6.20 Å². The summed E-state index contributed by atoms with van der Waals surface area (Å²) in [6.07, 6.45) is 1.53. The van der Waals surface area contributed by atoms with Crippen molar-refractivity contribution in [3.8, 4) is 0 Å². The molecule has 0 bridgehead atoms. The highest BCUT2D eigenvalue weighted by molar-refractivity contribution is 7.11. The van der Waals surface area contributed by atoms with E-state index in [4.69, 9.17) is 0 Å². The lowest BCUT2D eigenvalue weighted by atomic mass is 10.2. The molecular formula is C9H11N3OS2. The van der Waals surface area contributed by atoms with E-state index in [0.29, 0.717) is 12.1 Å². The summed E-state index contributed by atoms with van der Waals surface area (Å²) in [6.45, 7) is 4.01. The van der Waals surface area contributed by atoms with E-state index in [0.717, 1.165) is 22.4 Å². The van der Waals surface area contributed by atoms with E-state index in [-0.39, 0.29) is 0 Å². The number of aliphatic hydroxyl groups is 1. The van der Waals surface area contributed by atoms with Crippen molar-refractivity contribution in [3.63, 3.8) is 0 Å². The number of rotatable bonds is 3. The number of aryl methyl sites for hydroxylation is 2. The highest BCUT2D eigenvalue weighted by Crippen LogP contribution is 2.22. The van der Waals surface area contributed by atoms with Crippen LogP contribution in [0, 0.1) is 13.8 Å². The molecule has 2 heterocycles. The lowest BCUT2D eigenvalue weighted by Gasteiger charge is -2.03. The average molecular weight is 241 g/mol. The Bertz CT molecular complexity index is 419. The zero-order valence-electron chi connectivity index (χ0n) is 8.47. The third kappa shape index (κ3) is 2.39. The van der Waals surface area contributed by atoms with E-state index >= 15 is 0 Å². The Balaban J connectivity index is 2.09. The van der Waals surface area contributed by atoms with Gasteiger partial charge in [0, 0.05) is 11.3 Å². The summed E-state index contributed by atoms with van der Waals surface area (Å²) in [4.78, 5) is 5.58. The van der Waals surface area contributed by atoms with Gasteiger partial charge in [-0.05, 0) is 13.8 Å². The Labute approximate surface area is 96.0 Å². The second-order valence-electron chi connectivity index (χ2n) is 3.30. The van der Waals surface area contributed by atoms with Crippen molar-refractivity contribution < 1.29 is 5.11 Å². The molecule has 0 fully saturated rings. The minimum absolute atomic E-state index is 0.519. The molecule has 15 heavy (non-hydrogen) atoms. The number of hydrogen-bond acceptors (Lipinski definition) is 6. The van der Waals surface area contributed by atoms with E-state index < -0.39 is 6.10 Å². The SMILES string of the molecule is Cc1nc(CC(O)c2cnsn2)sc1C. The molecule has 2 aromatic heterocycles. The predicted molar refractivity (Wildman–Crippen MR) is 60.2 cm³/mol. The number of aromatic nitrogens is 3. The molecule has 0 aromatic carbocycles. The quantitative estimate of drug-likeness (QED) is 0.891. The normalized spacial score (nSPS) is 13.0. The summed E-state index contributed by atoms with van der Waals surface area (Å²) in [6, 6.07) is 0. The van der Waals surface area contributed by atoms with E-state index in [1.807, 2.05) is 13.8 Å². The molecule has 0 amide bonds. The van der Waals surface area contributed by atoms with Crippen LogP contribution in [-0.2, 0) is 6.42 Å². The molecule has 0 aliphatic rings. The molecule has 6 heteroatoms. The lowest BCUT2D eigenvalue weighted by Crippen LogP contribution is -2.01. The summed E-state index contributed by atoms with van der Waals surface area (Å²) in [5, 5.41) is 10.8. The smallest absolute Gasteiger partial charge is 0.105 e. The van der Waals surface area contributed by atoms with Crippen LogP contribution in [-0.4, -0.2) is 18.8 Å². The number of thiazole rings is 1. The first-order chi connectivity index (χ1) is 7.16. The Hall–Kier alpha value is -0.850. The molecule has 0 aliphatic carbocycles. The summed E-state index contributed by atoms with van der Waals surface area (Å²) in [7, 11) is 0. The van der Waals surface area contributed by atoms with Gasteiger partial charge in [0.1, 0.15) is 11.8 Å². The molecule has 2 rings (SSSR count). The molecule has 1 unspecified atom stereocenters. The van der Waals surface area contributed by atoms with Crippen LogP contribution in [0.2, 0.25) is 0 Å². The first kappa shape index (κ1) is 10.7. The minimum Gasteiger partial charge on any atom is -0.386 e. The van der Waals surface area contributed by atoms with Gasteiger partial charge in [0.2, 0.25) is 0 Å². The van der Waals surface area contributed by atoms with Crippen molar-refractivity contribution in [1.29, 1.82) is 0 Å². The van der Waals surface area contributed by atoms with Crippen LogP contribution in [0.3, 0.4) is 0 Å². The fraction of sp³-hybridized carbons (Fsp3) is 0.444. The monoisotopic (exact) mass is 241 g/mol. The molecule has 0 saturated heterocycles. The highest BCUT2D eigenvalue weighted by Gasteiger charge is 2.14. The number of nitrogens with zero attached hydrogens (tertiary/aromatic N) is 3. The van der Waals surface area contributed by atoms with Gasteiger partial charge in [-0.25, -0.2) is 4.98 Å². The third-order valence-corrected chi connectivity index (χ3v) is 3.75. The largest absolute Gasteiger partial charge is 0.386 e. The summed E-state index contributed by atoms with van der Waals surface area (Å²) in [5.41, 5.74) is 1.67. The van der Waals surface area contributed by atoms with Gasteiger partial charge in [-0.2, -0.15) is 8.75 Å². The summed E-state index contributed by atoms with van der Waals surface area (Å²) in [5.74, 6) is 0. The van der Waals surface area contributed by atoms with Gasteiger partial charge in [-0.3, -0.25) is 0 Å². The number of hydrogen-bond donors (Lipinski definition) is 1. The van der Waals surface area contributed by atoms with Gasteiger partial charge in [-0.1, -0.05) is 0 Å². The topological polar surface area (TPSA) is 58.9 Å². The van der Waals surface area contributed by atoms with Gasteiger partial charge in [0.05, 0.1) is 28.6 Å². The average Bonchev–Trinajstić information content (AvgIpc) is 2.77. The van der Waals surface area contributed by atoms with Gasteiger partial charge in [-0.15, -0.1) is 11.3 Å². The molecule has 0 radical (unpaired) electrons. The van der Waals surface area contributed by atoms with Crippen molar-refractivity contribution >= 4 is 23.1 Å². The van der Waals surface area contributed by atoms with Crippen LogP contribution >= 0.6 is 23.1 Å². The molecule has 4 nitrogen and oxygen atoms in total. The second-order valence-corrected chi connectivity index (χ2v) is 5.15. The molecule has 0 saturated carbocycles. The first-order valence-corrected chi connectivity index (χ1v) is 6.10. The van der Waals surface area contributed by atoms with Crippen molar-refractivity contribution in [1.82, 2.24) is 13.7 Å². The van der Waals surface area contributed by atoms with E-state index in [1.165, 1.54) is 4.88 Å². The van der Waals surface area contributed by atoms with Gasteiger partial charge < -0.3 is 5.11 Å². The maximum atomic E-state index is 9.83. The molecular weight excluding hydrogens is 230 g/mol. The van der Waals surface area contributed by atoms with Crippen LogP contribution in [0.4, 0.5) is 0 Å². The molecule has 80 valence electrons. The van der Waals surface area contributed by atoms with Crippen LogP contribution in [0.25, 0.3) is 0 Å². The molecule has 0 aliphatic heterocycles. The minimum atomic E-state index is -0.589. The Morgan fingerprint density at radius 3 is 2.80 bits per heavy atom. The predicted octanol–water partition coefficient (Wildman–Crippen LogP) is 1.89. The molecule has 0 spiro atoms. The zero-order valence-corrected chi connectivity index (χ0v) is 10.1. The molecule has 1 atom stereocenters. The van der Waals surface area contributed by atoms with Gasteiger partial charge in [0.15, 0.2) is 0 Å². The molecule has 2 aromatic rings. The fourth-order valence-corrected chi connectivity index (χ4v) is 2.65. The standard InChI is InChI=1S/C9H11N3OS2/c1-5-6(2)14-9(11-5)3-8(13)7-4-10-15-12-7/h4,8,13H,3H2,1-2H3. The van der Waals surface area contributed by atoms with E-state index in [2.05, 4.69) is 13.7 Å². The number of aliphatic hydroxyl groups excluding tert-OH is 1. The highest BCUT2D eigenvalue weighted by atomic mass is 32.1. The van der Waals surface area contributed by atoms with Gasteiger partial charge >= 0.3 is 0 Å².